The van der Waals surface area contributed by atoms with Gasteiger partial charge < -0.3 is 15.8 Å². The molecule has 0 fully saturated rings. The molecular formula is C16H18N2O2. The maximum absolute atomic E-state index is 11.6. The van der Waals surface area contributed by atoms with Crippen LogP contribution in [0.3, 0.4) is 0 Å². The van der Waals surface area contributed by atoms with Crippen LogP contribution in [-0.4, -0.2) is 13.1 Å². The third-order valence-electron chi connectivity index (χ3n) is 3.21. The number of para-hydroxylation sites is 1. The highest BCUT2D eigenvalue weighted by Gasteiger charge is 2.11. The number of carbonyl (C=O) groups is 1. The predicted octanol–water partition coefficient (Wildman–Crippen LogP) is 3.42. The van der Waals surface area contributed by atoms with Crippen molar-refractivity contribution in [2.75, 3.05) is 18.2 Å². The van der Waals surface area contributed by atoms with Gasteiger partial charge in [-0.05, 0) is 43.2 Å². The first-order valence-corrected chi connectivity index (χ1v) is 6.34. The first-order chi connectivity index (χ1) is 9.52. The molecule has 2 aromatic rings. The molecule has 104 valence electrons. The number of nitrogens with two attached hydrogens (primary N) is 1. The summed E-state index contributed by atoms with van der Waals surface area (Å²) in [4.78, 5) is 11.6. The second kappa shape index (κ2) is 5.65. The normalized spacial score (nSPS) is 10.2. The predicted molar refractivity (Wildman–Crippen MR) is 81.4 cm³/mol. The highest BCUT2D eigenvalue weighted by molar-refractivity contribution is 5.96. The minimum atomic E-state index is -0.437. The number of hydrogen-bond donors (Lipinski definition) is 2. The van der Waals surface area contributed by atoms with Crippen LogP contribution in [0.15, 0.2) is 36.4 Å². The van der Waals surface area contributed by atoms with E-state index in [9.17, 15) is 4.79 Å². The van der Waals surface area contributed by atoms with E-state index in [1.807, 2.05) is 38.1 Å². The first-order valence-electron chi connectivity index (χ1n) is 6.34. The minimum Gasteiger partial charge on any atom is -0.465 e. The molecule has 0 aliphatic carbocycles. The number of rotatable bonds is 3. The number of carbonyl (C=O) groups excluding carboxylic acids is 1. The van der Waals surface area contributed by atoms with Crippen LogP contribution in [-0.2, 0) is 4.74 Å². The van der Waals surface area contributed by atoms with Gasteiger partial charge in [-0.1, -0.05) is 18.2 Å². The third kappa shape index (κ3) is 2.74. The fourth-order valence-electron chi connectivity index (χ4n) is 2.08. The Morgan fingerprint density at radius 1 is 1.15 bits per heavy atom. The Morgan fingerprint density at radius 2 is 1.80 bits per heavy atom. The number of nitrogen functional groups attached to an aromatic ring is 1. The Morgan fingerprint density at radius 3 is 2.40 bits per heavy atom. The van der Waals surface area contributed by atoms with Gasteiger partial charge in [-0.25, -0.2) is 4.79 Å². The van der Waals surface area contributed by atoms with Crippen molar-refractivity contribution in [3.8, 4) is 0 Å². The summed E-state index contributed by atoms with van der Waals surface area (Å²) in [6.45, 7) is 4.07. The lowest BCUT2D eigenvalue weighted by Gasteiger charge is -2.14. The molecule has 0 spiro atoms. The van der Waals surface area contributed by atoms with Crippen molar-refractivity contribution in [2.24, 2.45) is 0 Å². The van der Waals surface area contributed by atoms with Crippen LogP contribution < -0.4 is 11.1 Å². The van der Waals surface area contributed by atoms with Crippen molar-refractivity contribution in [1.29, 1.82) is 0 Å². The van der Waals surface area contributed by atoms with E-state index in [0.29, 0.717) is 11.3 Å². The molecular weight excluding hydrogens is 252 g/mol. The van der Waals surface area contributed by atoms with Crippen molar-refractivity contribution in [3.63, 3.8) is 0 Å². The summed E-state index contributed by atoms with van der Waals surface area (Å²) in [6, 6.07) is 11.3. The van der Waals surface area contributed by atoms with Gasteiger partial charge in [-0.15, -0.1) is 0 Å². The minimum absolute atomic E-state index is 0.365. The molecule has 0 saturated carbocycles. The zero-order valence-electron chi connectivity index (χ0n) is 11.9. The SMILES string of the molecule is COC(=O)c1cc(Nc2c(C)cccc2C)ccc1N. The topological polar surface area (TPSA) is 64.3 Å². The Bertz CT molecular complexity index is 631. The summed E-state index contributed by atoms with van der Waals surface area (Å²) in [7, 11) is 1.34. The molecule has 0 aliphatic heterocycles. The van der Waals surface area contributed by atoms with Gasteiger partial charge in [0.2, 0.25) is 0 Å². The highest BCUT2D eigenvalue weighted by Crippen LogP contribution is 2.26. The van der Waals surface area contributed by atoms with Gasteiger partial charge in [0.1, 0.15) is 0 Å². The van der Waals surface area contributed by atoms with Crippen molar-refractivity contribution in [2.45, 2.75) is 13.8 Å². The average Bonchev–Trinajstić information content (AvgIpc) is 2.44. The lowest BCUT2D eigenvalue weighted by molar-refractivity contribution is 0.0602. The number of esters is 1. The summed E-state index contributed by atoms with van der Waals surface area (Å²) in [6.07, 6.45) is 0. The molecule has 0 atom stereocenters. The van der Waals surface area contributed by atoms with Crippen LogP contribution in [0.5, 0.6) is 0 Å². The summed E-state index contributed by atoms with van der Waals surface area (Å²) in [5.74, 6) is -0.437. The van der Waals surface area contributed by atoms with E-state index in [4.69, 9.17) is 10.5 Å². The number of nitrogens with one attached hydrogen (secondary N) is 1. The van der Waals surface area contributed by atoms with E-state index in [-0.39, 0.29) is 0 Å². The molecule has 4 nitrogen and oxygen atoms in total. The summed E-state index contributed by atoms with van der Waals surface area (Å²) >= 11 is 0. The molecule has 0 amide bonds. The number of aryl methyl sites for hydroxylation is 2. The maximum atomic E-state index is 11.6. The second-order valence-electron chi connectivity index (χ2n) is 4.69. The van der Waals surface area contributed by atoms with Crippen LogP contribution in [0.2, 0.25) is 0 Å². The van der Waals surface area contributed by atoms with Gasteiger partial charge in [0.25, 0.3) is 0 Å². The lowest BCUT2D eigenvalue weighted by atomic mass is 10.1. The van der Waals surface area contributed by atoms with Crippen LogP contribution >= 0.6 is 0 Å². The molecule has 0 radical (unpaired) electrons. The van der Waals surface area contributed by atoms with Crippen LogP contribution in [0.4, 0.5) is 17.1 Å². The van der Waals surface area contributed by atoms with E-state index in [1.54, 1.807) is 12.1 Å². The molecule has 0 bridgehead atoms. The smallest absolute Gasteiger partial charge is 0.340 e. The number of benzene rings is 2. The Hall–Kier alpha value is -2.49. The Kier molecular flexibility index (Phi) is 3.94. The first kappa shape index (κ1) is 13.9. The molecule has 0 saturated heterocycles. The summed E-state index contributed by atoms with van der Waals surface area (Å²) < 4.78 is 4.72. The molecule has 3 N–H and O–H groups in total. The van der Waals surface area contributed by atoms with Gasteiger partial charge >= 0.3 is 5.97 Å². The summed E-state index contributed by atoms with van der Waals surface area (Å²) in [5.41, 5.74) is 10.7. The number of ether oxygens (including phenoxy) is 1. The Balaban J connectivity index is 2.37. The molecule has 0 aromatic heterocycles. The quantitative estimate of drug-likeness (QED) is 0.662. The van der Waals surface area contributed by atoms with E-state index < -0.39 is 5.97 Å². The molecule has 20 heavy (non-hydrogen) atoms. The maximum Gasteiger partial charge on any atom is 0.340 e. The largest absolute Gasteiger partial charge is 0.465 e. The van der Waals surface area contributed by atoms with Crippen molar-refractivity contribution >= 4 is 23.0 Å². The van der Waals surface area contributed by atoms with E-state index in [0.717, 1.165) is 22.5 Å². The number of anilines is 3. The number of hydrogen-bond acceptors (Lipinski definition) is 4. The van der Waals surface area contributed by atoms with Crippen LogP contribution in [0, 0.1) is 13.8 Å². The molecule has 0 heterocycles. The third-order valence-corrected chi connectivity index (χ3v) is 3.21. The van der Waals surface area contributed by atoms with Crippen molar-refractivity contribution < 1.29 is 9.53 Å². The number of methoxy groups -OCH3 is 1. The van der Waals surface area contributed by atoms with E-state index in [1.165, 1.54) is 7.11 Å². The monoisotopic (exact) mass is 270 g/mol. The van der Waals surface area contributed by atoms with E-state index in [2.05, 4.69) is 5.32 Å². The van der Waals surface area contributed by atoms with E-state index >= 15 is 0 Å². The van der Waals surface area contributed by atoms with Gasteiger partial charge in [0.05, 0.1) is 12.7 Å². The van der Waals surface area contributed by atoms with Gasteiger partial charge in [0, 0.05) is 17.1 Å². The Labute approximate surface area is 118 Å². The zero-order valence-corrected chi connectivity index (χ0v) is 11.9. The fourth-order valence-corrected chi connectivity index (χ4v) is 2.08. The molecule has 2 rings (SSSR count). The molecule has 0 aliphatic rings. The lowest BCUT2D eigenvalue weighted by Crippen LogP contribution is -2.06. The molecule has 2 aromatic carbocycles. The van der Waals surface area contributed by atoms with Gasteiger partial charge in [-0.3, -0.25) is 0 Å². The van der Waals surface area contributed by atoms with Gasteiger partial charge in [0.15, 0.2) is 0 Å². The van der Waals surface area contributed by atoms with Crippen LogP contribution in [0.25, 0.3) is 0 Å². The average molecular weight is 270 g/mol. The molecule has 0 unspecified atom stereocenters. The van der Waals surface area contributed by atoms with Crippen molar-refractivity contribution in [1.82, 2.24) is 0 Å². The van der Waals surface area contributed by atoms with Crippen molar-refractivity contribution in [3.05, 3.63) is 53.1 Å². The standard InChI is InChI=1S/C16H18N2O2/c1-10-5-4-6-11(2)15(10)18-12-7-8-14(17)13(9-12)16(19)20-3/h4-9,18H,17H2,1-3H3. The van der Waals surface area contributed by atoms with Gasteiger partial charge in [-0.2, -0.15) is 0 Å². The second-order valence-corrected chi connectivity index (χ2v) is 4.69. The fraction of sp³-hybridized carbons (Fsp3) is 0.188. The zero-order chi connectivity index (χ0) is 14.7. The highest BCUT2D eigenvalue weighted by atomic mass is 16.5. The molecule has 4 heteroatoms. The summed E-state index contributed by atoms with van der Waals surface area (Å²) in [5, 5.41) is 3.32. The van der Waals surface area contributed by atoms with Crippen LogP contribution in [0.1, 0.15) is 21.5 Å².